The predicted octanol–water partition coefficient (Wildman–Crippen LogP) is 4.24. The lowest BCUT2D eigenvalue weighted by Crippen LogP contribution is -2.57. The van der Waals surface area contributed by atoms with E-state index in [9.17, 15) is 13.2 Å². The number of rotatable bonds is 6. The summed E-state index contributed by atoms with van der Waals surface area (Å²) in [5, 5.41) is 2.57. The third-order valence-electron chi connectivity index (χ3n) is 6.50. The van der Waals surface area contributed by atoms with Crippen LogP contribution in [0.2, 0.25) is 0 Å². The Hall–Kier alpha value is -2.05. The van der Waals surface area contributed by atoms with Crippen molar-refractivity contribution in [2.75, 3.05) is 13.1 Å². The number of fused-ring (bicyclic) bond motifs is 3. The molecule has 29 heavy (non-hydrogen) atoms. The minimum atomic E-state index is -4.21. The van der Waals surface area contributed by atoms with Gasteiger partial charge in [0.15, 0.2) is 0 Å². The second kappa shape index (κ2) is 8.00. The van der Waals surface area contributed by atoms with Crippen LogP contribution < -0.4 is 15.8 Å². The molecule has 0 aromatic heterocycles. The molecular formula is C23H27F3N2O. The molecule has 2 bridgehead atoms. The number of nitrogens with two attached hydrogens (primary N) is 1. The van der Waals surface area contributed by atoms with Crippen molar-refractivity contribution in [2.24, 2.45) is 17.6 Å². The van der Waals surface area contributed by atoms with E-state index < -0.39 is 18.3 Å². The Kier molecular flexibility index (Phi) is 5.58. The lowest BCUT2D eigenvalue weighted by molar-refractivity contribution is -0.125. The quantitative estimate of drug-likeness (QED) is 0.757. The van der Waals surface area contributed by atoms with E-state index in [1.54, 1.807) is 0 Å². The first-order valence-electron chi connectivity index (χ1n) is 10.2. The molecule has 0 heterocycles. The Morgan fingerprint density at radius 3 is 2.38 bits per heavy atom. The van der Waals surface area contributed by atoms with Gasteiger partial charge in [0, 0.05) is 12.1 Å². The third-order valence-corrected chi connectivity index (χ3v) is 6.50. The van der Waals surface area contributed by atoms with Gasteiger partial charge >= 0.3 is 6.18 Å². The first-order valence-corrected chi connectivity index (χ1v) is 10.2. The number of alkyl halides is 3. The summed E-state index contributed by atoms with van der Waals surface area (Å²) in [6.07, 6.45) is -0.675. The molecule has 3 atom stereocenters. The highest BCUT2D eigenvalue weighted by molar-refractivity contribution is 5.39. The Morgan fingerprint density at radius 2 is 1.69 bits per heavy atom. The maximum atomic E-state index is 12.6. The molecule has 1 saturated carbocycles. The highest BCUT2D eigenvalue weighted by atomic mass is 19.4. The zero-order valence-electron chi connectivity index (χ0n) is 16.3. The summed E-state index contributed by atoms with van der Waals surface area (Å²) in [6.45, 7) is -0.281. The van der Waals surface area contributed by atoms with Gasteiger partial charge < -0.3 is 15.8 Å². The van der Waals surface area contributed by atoms with Crippen LogP contribution in [-0.4, -0.2) is 24.8 Å². The van der Waals surface area contributed by atoms with Gasteiger partial charge in [0.25, 0.3) is 0 Å². The SMILES string of the molecule is N[C@@]1(CNCC(F)(F)F)[C@@H]2CC[C@H]1Cc1ccc(OCc3ccccc3)cc1C2. The Bertz CT molecular complexity index is 840. The molecule has 2 aromatic carbocycles. The van der Waals surface area contributed by atoms with E-state index in [4.69, 9.17) is 10.5 Å². The van der Waals surface area contributed by atoms with Crippen molar-refractivity contribution in [3.63, 3.8) is 0 Å². The molecule has 0 aliphatic heterocycles. The highest BCUT2D eigenvalue weighted by Crippen LogP contribution is 2.46. The van der Waals surface area contributed by atoms with Crippen molar-refractivity contribution in [2.45, 2.75) is 44.0 Å². The molecule has 0 saturated heterocycles. The molecule has 0 unspecified atom stereocenters. The van der Waals surface area contributed by atoms with Crippen molar-refractivity contribution >= 4 is 0 Å². The first kappa shape index (κ1) is 20.2. The van der Waals surface area contributed by atoms with Crippen LogP contribution in [0.4, 0.5) is 13.2 Å². The molecule has 0 spiro atoms. The predicted molar refractivity (Wildman–Crippen MR) is 107 cm³/mol. The molecule has 2 aliphatic carbocycles. The van der Waals surface area contributed by atoms with Crippen LogP contribution in [0.25, 0.3) is 0 Å². The molecule has 4 rings (SSSR count). The van der Waals surface area contributed by atoms with E-state index in [0.717, 1.165) is 37.0 Å². The summed E-state index contributed by atoms with van der Waals surface area (Å²) < 4.78 is 43.7. The Labute approximate surface area is 169 Å². The van der Waals surface area contributed by atoms with Crippen LogP contribution in [0.5, 0.6) is 5.75 Å². The lowest BCUT2D eigenvalue weighted by Gasteiger charge is -2.35. The standard InChI is InChI=1S/C23H27F3N2O/c24-23(25,26)15-28-14-22(27)19-7-8-20(22)11-18-12-21(9-6-17(18)10-19)29-13-16-4-2-1-3-5-16/h1-6,9,12,19-20,28H,7-8,10-11,13-15,27H2/t19-,20+,22+/m0/s1. The number of halogens is 3. The summed E-state index contributed by atoms with van der Waals surface area (Å²) in [7, 11) is 0. The van der Waals surface area contributed by atoms with E-state index >= 15 is 0 Å². The second-order valence-electron chi connectivity index (χ2n) is 8.42. The van der Waals surface area contributed by atoms with Crippen molar-refractivity contribution in [1.29, 1.82) is 0 Å². The molecule has 0 radical (unpaired) electrons. The van der Waals surface area contributed by atoms with Crippen molar-refractivity contribution in [3.05, 3.63) is 65.2 Å². The number of hydrogen-bond donors (Lipinski definition) is 2. The summed E-state index contributed by atoms with van der Waals surface area (Å²) in [5.41, 5.74) is 9.70. The van der Waals surface area contributed by atoms with Gasteiger partial charge in [0.1, 0.15) is 12.4 Å². The Balaban J connectivity index is 1.45. The molecule has 3 N–H and O–H groups in total. The number of nitrogens with one attached hydrogen (secondary N) is 1. The van der Waals surface area contributed by atoms with Crippen LogP contribution in [-0.2, 0) is 19.4 Å². The average molecular weight is 404 g/mol. The average Bonchev–Trinajstić information content (AvgIpc) is 2.89. The minimum Gasteiger partial charge on any atom is -0.489 e. The van der Waals surface area contributed by atoms with E-state index in [1.165, 1.54) is 11.1 Å². The van der Waals surface area contributed by atoms with Crippen LogP contribution in [0, 0.1) is 11.8 Å². The maximum absolute atomic E-state index is 12.6. The largest absolute Gasteiger partial charge is 0.489 e. The summed E-state index contributed by atoms with van der Waals surface area (Å²) in [4.78, 5) is 0. The molecule has 2 aromatic rings. The van der Waals surface area contributed by atoms with Gasteiger partial charge in [-0.2, -0.15) is 13.2 Å². The maximum Gasteiger partial charge on any atom is 0.401 e. The molecular weight excluding hydrogens is 377 g/mol. The molecule has 3 nitrogen and oxygen atoms in total. The smallest absolute Gasteiger partial charge is 0.401 e. The third kappa shape index (κ3) is 4.59. The summed E-state index contributed by atoms with van der Waals surface area (Å²) in [6, 6.07) is 16.2. The normalized spacial score (nSPS) is 26.1. The zero-order valence-corrected chi connectivity index (χ0v) is 16.3. The fourth-order valence-corrected chi connectivity index (χ4v) is 4.92. The molecule has 6 heteroatoms. The van der Waals surface area contributed by atoms with Crippen molar-refractivity contribution < 1.29 is 17.9 Å². The van der Waals surface area contributed by atoms with Crippen molar-refractivity contribution in [1.82, 2.24) is 5.32 Å². The van der Waals surface area contributed by atoms with Crippen LogP contribution in [0.3, 0.4) is 0 Å². The van der Waals surface area contributed by atoms with Gasteiger partial charge in [-0.25, -0.2) is 0 Å². The number of benzene rings is 2. The number of hydrogen-bond acceptors (Lipinski definition) is 3. The highest BCUT2D eigenvalue weighted by Gasteiger charge is 2.49. The molecule has 1 fully saturated rings. The Morgan fingerprint density at radius 1 is 1.00 bits per heavy atom. The van der Waals surface area contributed by atoms with Gasteiger partial charge in [-0.3, -0.25) is 0 Å². The topological polar surface area (TPSA) is 47.3 Å². The van der Waals surface area contributed by atoms with Crippen molar-refractivity contribution in [3.8, 4) is 5.75 Å². The van der Waals surface area contributed by atoms with Crippen LogP contribution in [0.15, 0.2) is 48.5 Å². The second-order valence-corrected chi connectivity index (χ2v) is 8.42. The van der Waals surface area contributed by atoms with Gasteiger partial charge in [0.2, 0.25) is 0 Å². The van der Waals surface area contributed by atoms with E-state index in [-0.39, 0.29) is 18.4 Å². The van der Waals surface area contributed by atoms with Gasteiger partial charge in [-0.05, 0) is 66.3 Å². The van der Waals surface area contributed by atoms with Gasteiger partial charge in [-0.15, -0.1) is 0 Å². The first-order chi connectivity index (χ1) is 13.8. The molecule has 2 aliphatic rings. The van der Waals surface area contributed by atoms with Crippen LogP contribution >= 0.6 is 0 Å². The van der Waals surface area contributed by atoms with E-state index in [0.29, 0.717) is 6.61 Å². The zero-order chi connectivity index (χ0) is 20.5. The monoisotopic (exact) mass is 404 g/mol. The minimum absolute atomic E-state index is 0.179. The molecule has 0 amide bonds. The van der Waals surface area contributed by atoms with Crippen LogP contribution in [0.1, 0.15) is 29.5 Å². The number of ether oxygens (including phenoxy) is 1. The summed E-state index contributed by atoms with van der Waals surface area (Å²) >= 11 is 0. The fraction of sp³-hybridized carbons (Fsp3) is 0.478. The van der Waals surface area contributed by atoms with E-state index in [2.05, 4.69) is 17.4 Å². The fourth-order valence-electron chi connectivity index (χ4n) is 4.92. The molecule has 156 valence electrons. The van der Waals surface area contributed by atoms with E-state index in [1.807, 2.05) is 36.4 Å². The lowest BCUT2D eigenvalue weighted by atomic mass is 9.79. The summed E-state index contributed by atoms with van der Waals surface area (Å²) in [5.74, 6) is 1.20. The van der Waals surface area contributed by atoms with Gasteiger partial charge in [-0.1, -0.05) is 36.4 Å². The van der Waals surface area contributed by atoms with Gasteiger partial charge in [0.05, 0.1) is 6.54 Å².